The van der Waals surface area contributed by atoms with Crippen molar-refractivity contribution < 1.29 is 13.2 Å². The fourth-order valence-electron chi connectivity index (χ4n) is 3.10. The van der Waals surface area contributed by atoms with E-state index in [9.17, 15) is 13.2 Å². The molecule has 2 atom stereocenters. The molecule has 1 fully saturated rings. The summed E-state index contributed by atoms with van der Waals surface area (Å²) in [5.41, 5.74) is 1.89. The molecule has 1 aromatic rings. The molecule has 0 saturated carbocycles. The van der Waals surface area contributed by atoms with Crippen LogP contribution < -0.4 is 10.6 Å². The van der Waals surface area contributed by atoms with E-state index in [0.717, 1.165) is 24.1 Å². The molecule has 2 unspecified atom stereocenters. The van der Waals surface area contributed by atoms with Crippen LogP contribution >= 0.6 is 0 Å². The van der Waals surface area contributed by atoms with E-state index in [2.05, 4.69) is 15.6 Å². The Balaban J connectivity index is 2.01. The maximum atomic E-state index is 12.4. The number of piperidine rings is 1. The van der Waals surface area contributed by atoms with E-state index in [4.69, 9.17) is 0 Å². The Morgan fingerprint density at radius 3 is 2.72 bits per heavy atom. The van der Waals surface area contributed by atoms with Crippen molar-refractivity contribution in [2.24, 2.45) is 5.92 Å². The van der Waals surface area contributed by atoms with Crippen LogP contribution in [0.3, 0.4) is 0 Å². The van der Waals surface area contributed by atoms with Gasteiger partial charge in [-0.25, -0.2) is 17.5 Å². The van der Waals surface area contributed by atoms with Crippen LogP contribution in [0.25, 0.3) is 0 Å². The zero-order valence-corrected chi connectivity index (χ0v) is 16.1. The summed E-state index contributed by atoms with van der Waals surface area (Å²) in [6.07, 6.45) is 4.44. The summed E-state index contributed by atoms with van der Waals surface area (Å²) in [5, 5.41) is 5.91. The topological polar surface area (TPSA) is 91.4 Å². The Kier molecular flexibility index (Phi) is 6.40. The van der Waals surface area contributed by atoms with Crippen molar-refractivity contribution in [2.75, 3.05) is 19.3 Å². The molecule has 8 heteroatoms. The Morgan fingerprint density at radius 1 is 1.40 bits per heavy atom. The molecule has 0 aromatic carbocycles. The fourth-order valence-corrected chi connectivity index (χ4v) is 4.02. The van der Waals surface area contributed by atoms with Crippen LogP contribution in [0.2, 0.25) is 0 Å². The number of pyridine rings is 1. The first-order chi connectivity index (χ1) is 11.7. The van der Waals surface area contributed by atoms with E-state index in [1.165, 1.54) is 10.6 Å². The number of nitrogens with one attached hydrogen (secondary N) is 2. The fraction of sp³-hybridized carbons (Fsp3) is 0.647. The highest BCUT2D eigenvalue weighted by Gasteiger charge is 2.28. The van der Waals surface area contributed by atoms with Gasteiger partial charge in [0.15, 0.2) is 0 Å². The largest absolute Gasteiger partial charge is 0.334 e. The van der Waals surface area contributed by atoms with E-state index < -0.39 is 10.0 Å². The second-order valence-electron chi connectivity index (χ2n) is 7.01. The second kappa shape index (κ2) is 8.14. The first-order valence-electron chi connectivity index (χ1n) is 8.62. The minimum absolute atomic E-state index is 0.179. The molecule has 0 radical (unpaired) electrons. The lowest BCUT2D eigenvalue weighted by atomic mass is 9.97. The number of nitrogens with zero attached hydrogens (tertiary/aromatic N) is 2. The third-order valence-electron chi connectivity index (χ3n) is 4.49. The molecule has 2 N–H and O–H groups in total. The standard InChI is InChI=1S/C17H28N4O3S/c1-12(2)15(16-13(3)7-5-9-18-16)20-17(22)19-14-8-6-10-21(11-14)25(4,23)24/h5,7,9,12,14-15H,6,8,10-11H2,1-4H3,(H2,19,20,22). The van der Waals surface area contributed by atoms with E-state index in [1.54, 1.807) is 6.20 Å². The van der Waals surface area contributed by atoms with Crippen molar-refractivity contribution in [1.29, 1.82) is 0 Å². The van der Waals surface area contributed by atoms with E-state index in [1.807, 2.05) is 32.9 Å². The van der Waals surface area contributed by atoms with Gasteiger partial charge in [-0.2, -0.15) is 0 Å². The Morgan fingerprint density at radius 2 is 2.12 bits per heavy atom. The highest BCUT2D eigenvalue weighted by Crippen LogP contribution is 2.22. The van der Waals surface area contributed by atoms with Crippen molar-refractivity contribution in [3.63, 3.8) is 0 Å². The van der Waals surface area contributed by atoms with E-state index in [0.29, 0.717) is 13.1 Å². The Labute approximate surface area is 150 Å². The third kappa shape index (κ3) is 5.40. The SMILES string of the molecule is Cc1cccnc1C(NC(=O)NC1CCCN(S(C)(=O)=O)C1)C(C)C. The molecule has 7 nitrogen and oxygen atoms in total. The van der Waals surface area contributed by atoms with Crippen LogP contribution in [-0.2, 0) is 10.0 Å². The molecule has 140 valence electrons. The average Bonchev–Trinajstić information content (AvgIpc) is 2.52. The number of rotatable bonds is 5. The van der Waals surface area contributed by atoms with E-state index >= 15 is 0 Å². The lowest BCUT2D eigenvalue weighted by Gasteiger charge is -2.32. The van der Waals surface area contributed by atoms with Crippen molar-refractivity contribution in [3.8, 4) is 0 Å². The molecular weight excluding hydrogens is 340 g/mol. The molecular formula is C17H28N4O3S. The van der Waals surface area contributed by atoms with Gasteiger partial charge < -0.3 is 10.6 Å². The van der Waals surface area contributed by atoms with Gasteiger partial charge in [0.05, 0.1) is 18.0 Å². The summed E-state index contributed by atoms with van der Waals surface area (Å²) >= 11 is 0. The molecule has 0 bridgehead atoms. The van der Waals surface area contributed by atoms with Gasteiger partial charge in [-0.1, -0.05) is 19.9 Å². The van der Waals surface area contributed by atoms with Gasteiger partial charge in [0.1, 0.15) is 0 Å². The van der Waals surface area contributed by atoms with Crippen LogP contribution in [0, 0.1) is 12.8 Å². The van der Waals surface area contributed by atoms with Crippen LogP contribution in [-0.4, -0.2) is 49.1 Å². The summed E-state index contributed by atoms with van der Waals surface area (Å²) in [6.45, 7) is 6.88. The van der Waals surface area contributed by atoms with Crippen molar-refractivity contribution in [2.45, 2.75) is 45.7 Å². The van der Waals surface area contributed by atoms with Crippen LogP contribution in [0.5, 0.6) is 0 Å². The van der Waals surface area contributed by atoms with Gasteiger partial charge in [-0.3, -0.25) is 4.98 Å². The van der Waals surface area contributed by atoms with Gasteiger partial charge in [0, 0.05) is 25.3 Å². The van der Waals surface area contributed by atoms with Gasteiger partial charge >= 0.3 is 6.03 Å². The Hall–Kier alpha value is -1.67. The van der Waals surface area contributed by atoms with Crippen LogP contribution in [0.4, 0.5) is 4.79 Å². The predicted molar refractivity (Wildman–Crippen MR) is 97.7 cm³/mol. The lowest BCUT2D eigenvalue weighted by Crippen LogP contribution is -2.52. The lowest BCUT2D eigenvalue weighted by molar-refractivity contribution is 0.218. The van der Waals surface area contributed by atoms with Gasteiger partial charge in [0.25, 0.3) is 0 Å². The highest BCUT2D eigenvalue weighted by atomic mass is 32.2. The molecule has 2 rings (SSSR count). The highest BCUT2D eigenvalue weighted by molar-refractivity contribution is 7.88. The zero-order chi connectivity index (χ0) is 18.6. The molecule has 0 aliphatic carbocycles. The number of aryl methyl sites for hydroxylation is 1. The molecule has 1 aromatic heterocycles. The number of sulfonamides is 1. The number of urea groups is 1. The minimum atomic E-state index is -3.23. The maximum absolute atomic E-state index is 12.4. The number of aromatic nitrogens is 1. The van der Waals surface area contributed by atoms with Crippen molar-refractivity contribution in [3.05, 3.63) is 29.6 Å². The van der Waals surface area contributed by atoms with Crippen LogP contribution in [0.15, 0.2) is 18.3 Å². The number of hydrogen-bond donors (Lipinski definition) is 2. The maximum Gasteiger partial charge on any atom is 0.315 e. The van der Waals surface area contributed by atoms with Crippen LogP contribution in [0.1, 0.15) is 44.0 Å². The summed E-state index contributed by atoms with van der Waals surface area (Å²) in [4.78, 5) is 16.9. The van der Waals surface area contributed by atoms with Crippen molar-refractivity contribution in [1.82, 2.24) is 19.9 Å². The molecule has 25 heavy (non-hydrogen) atoms. The molecule has 1 aliphatic heterocycles. The summed E-state index contributed by atoms with van der Waals surface area (Å²) < 4.78 is 24.8. The average molecular weight is 369 g/mol. The molecule has 1 saturated heterocycles. The normalized spacial score (nSPS) is 20.3. The molecule has 2 heterocycles. The number of amides is 2. The molecule has 0 spiro atoms. The van der Waals surface area contributed by atoms with Crippen molar-refractivity contribution >= 4 is 16.1 Å². The van der Waals surface area contributed by atoms with Gasteiger partial charge in [-0.15, -0.1) is 0 Å². The third-order valence-corrected chi connectivity index (χ3v) is 5.76. The second-order valence-corrected chi connectivity index (χ2v) is 8.99. The predicted octanol–water partition coefficient (Wildman–Crippen LogP) is 1.81. The smallest absolute Gasteiger partial charge is 0.315 e. The molecule has 2 amide bonds. The monoisotopic (exact) mass is 368 g/mol. The minimum Gasteiger partial charge on any atom is -0.334 e. The van der Waals surface area contributed by atoms with Gasteiger partial charge in [-0.05, 0) is 37.3 Å². The first-order valence-corrected chi connectivity index (χ1v) is 10.5. The summed E-state index contributed by atoms with van der Waals surface area (Å²) in [7, 11) is -3.23. The summed E-state index contributed by atoms with van der Waals surface area (Å²) in [6, 6.07) is 3.18. The zero-order valence-electron chi connectivity index (χ0n) is 15.3. The summed E-state index contributed by atoms with van der Waals surface area (Å²) in [5.74, 6) is 0.179. The molecule has 1 aliphatic rings. The Bertz CT molecular complexity index is 706. The van der Waals surface area contributed by atoms with Gasteiger partial charge in [0.2, 0.25) is 10.0 Å². The number of hydrogen-bond acceptors (Lipinski definition) is 4. The number of carbonyl (C=O) groups is 1. The van der Waals surface area contributed by atoms with E-state index in [-0.39, 0.29) is 24.0 Å². The number of carbonyl (C=O) groups excluding carboxylic acids is 1. The first kappa shape index (κ1) is 19.7. The quantitative estimate of drug-likeness (QED) is 0.829.